The van der Waals surface area contributed by atoms with Crippen LogP contribution in [-0.2, 0) is 11.3 Å². The van der Waals surface area contributed by atoms with Gasteiger partial charge in [0.15, 0.2) is 0 Å². The Hall–Kier alpha value is -1.30. The molecule has 76 valence electrons. The number of furan rings is 1. The number of hydrogen-bond acceptors (Lipinski definition) is 3. The molecule has 0 aliphatic rings. The third-order valence-electron chi connectivity index (χ3n) is 1.38. The zero-order valence-corrected chi connectivity index (χ0v) is 8.83. The molecular formula is C8H9BrN2O3. The van der Waals surface area contributed by atoms with Crippen LogP contribution in [0.25, 0.3) is 0 Å². The SMILES string of the molecule is O=C(CBr)NC(=O)NCc1ccco1. The Kier molecular flexibility index (Phi) is 4.18. The van der Waals surface area contributed by atoms with Crippen LogP contribution in [0.15, 0.2) is 22.8 Å². The molecule has 0 saturated heterocycles. The van der Waals surface area contributed by atoms with Crippen LogP contribution in [0.5, 0.6) is 0 Å². The van der Waals surface area contributed by atoms with Gasteiger partial charge in [0.25, 0.3) is 0 Å². The standard InChI is InChI=1S/C8H9BrN2O3/c9-4-7(12)11-8(13)10-5-6-2-1-3-14-6/h1-3H,4-5H2,(H2,10,11,12,13). The van der Waals surface area contributed by atoms with E-state index in [4.69, 9.17) is 4.42 Å². The zero-order valence-electron chi connectivity index (χ0n) is 7.25. The first kappa shape index (κ1) is 10.8. The van der Waals surface area contributed by atoms with E-state index in [2.05, 4.69) is 26.6 Å². The molecule has 2 N–H and O–H groups in total. The quantitative estimate of drug-likeness (QED) is 0.797. The van der Waals surface area contributed by atoms with E-state index in [1.165, 1.54) is 6.26 Å². The maximum absolute atomic E-state index is 11.0. The van der Waals surface area contributed by atoms with Gasteiger partial charge in [-0.3, -0.25) is 10.1 Å². The molecule has 3 amide bonds. The highest BCUT2D eigenvalue weighted by Gasteiger charge is 2.05. The van der Waals surface area contributed by atoms with Crippen molar-refractivity contribution in [1.29, 1.82) is 0 Å². The predicted molar refractivity (Wildman–Crippen MR) is 52.9 cm³/mol. The van der Waals surface area contributed by atoms with Crippen LogP contribution in [0.3, 0.4) is 0 Å². The highest BCUT2D eigenvalue weighted by Crippen LogP contribution is 1.97. The van der Waals surface area contributed by atoms with Gasteiger partial charge in [0.05, 0.1) is 18.1 Å². The monoisotopic (exact) mass is 260 g/mol. The fourth-order valence-electron chi connectivity index (χ4n) is 0.785. The second-order valence-corrected chi connectivity index (χ2v) is 3.00. The fraction of sp³-hybridized carbons (Fsp3) is 0.250. The number of alkyl halides is 1. The van der Waals surface area contributed by atoms with Gasteiger partial charge in [-0.25, -0.2) is 4.79 Å². The highest BCUT2D eigenvalue weighted by atomic mass is 79.9. The second-order valence-electron chi connectivity index (χ2n) is 2.44. The summed E-state index contributed by atoms with van der Waals surface area (Å²) in [7, 11) is 0. The van der Waals surface area contributed by atoms with Crippen molar-refractivity contribution in [3.63, 3.8) is 0 Å². The first-order valence-corrected chi connectivity index (χ1v) is 5.00. The van der Waals surface area contributed by atoms with Gasteiger partial charge in [0.1, 0.15) is 5.76 Å². The van der Waals surface area contributed by atoms with Gasteiger partial charge in [-0.1, -0.05) is 15.9 Å². The minimum absolute atomic E-state index is 0.0984. The molecule has 14 heavy (non-hydrogen) atoms. The number of nitrogens with one attached hydrogen (secondary N) is 2. The zero-order chi connectivity index (χ0) is 10.4. The molecule has 1 rings (SSSR count). The molecule has 1 aromatic heterocycles. The number of amides is 3. The van der Waals surface area contributed by atoms with Gasteiger partial charge in [0, 0.05) is 0 Å². The molecule has 0 spiro atoms. The van der Waals surface area contributed by atoms with E-state index in [0.717, 1.165) is 0 Å². The Balaban J connectivity index is 2.25. The molecule has 0 aliphatic carbocycles. The van der Waals surface area contributed by atoms with Gasteiger partial charge in [-0.05, 0) is 12.1 Å². The van der Waals surface area contributed by atoms with E-state index in [0.29, 0.717) is 5.76 Å². The van der Waals surface area contributed by atoms with Crippen LogP contribution in [0.1, 0.15) is 5.76 Å². The Labute approximate surface area is 89.0 Å². The van der Waals surface area contributed by atoms with E-state index < -0.39 is 6.03 Å². The Morgan fingerprint density at radius 3 is 2.86 bits per heavy atom. The molecule has 5 nitrogen and oxygen atoms in total. The van der Waals surface area contributed by atoms with E-state index in [9.17, 15) is 9.59 Å². The molecule has 0 aliphatic heterocycles. The van der Waals surface area contributed by atoms with E-state index in [1.54, 1.807) is 12.1 Å². The molecule has 1 heterocycles. The van der Waals surface area contributed by atoms with Crippen LogP contribution >= 0.6 is 15.9 Å². The molecule has 0 bridgehead atoms. The first-order valence-electron chi connectivity index (χ1n) is 3.88. The summed E-state index contributed by atoms with van der Waals surface area (Å²) in [4.78, 5) is 21.7. The van der Waals surface area contributed by atoms with Gasteiger partial charge in [0.2, 0.25) is 5.91 Å². The summed E-state index contributed by atoms with van der Waals surface area (Å²) in [5.41, 5.74) is 0. The maximum Gasteiger partial charge on any atom is 0.321 e. The van der Waals surface area contributed by atoms with E-state index in [1.807, 2.05) is 0 Å². The molecule has 0 unspecified atom stereocenters. The number of carbonyl (C=O) groups excluding carboxylic acids is 2. The average Bonchev–Trinajstić information content (AvgIpc) is 2.67. The van der Waals surface area contributed by atoms with Gasteiger partial charge in [-0.15, -0.1) is 0 Å². The topological polar surface area (TPSA) is 71.3 Å². The number of carbonyl (C=O) groups is 2. The predicted octanol–water partition coefficient (Wildman–Crippen LogP) is 1.00. The molecule has 0 atom stereocenters. The summed E-state index contributed by atoms with van der Waals surface area (Å²) in [6.07, 6.45) is 1.51. The lowest BCUT2D eigenvalue weighted by Gasteiger charge is -2.02. The number of imide groups is 1. The molecule has 1 aromatic rings. The minimum Gasteiger partial charge on any atom is -0.467 e. The second kappa shape index (κ2) is 5.43. The van der Waals surface area contributed by atoms with E-state index >= 15 is 0 Å². The first-order chi connectivity index (χ1) is 6.72. The van der Waals surface area contributed by atoms with Gasteiger partial charge < -0.3 is 9.73 Å². The van der Waals surface area contributed by atoms with Crippen molar-refractivity contribution in [3.05, 3.63) is 24.2 Å². The normalized spacial score (nSPS) is 9.50. The van der Waals surface area contributed by atoms with Gasteiger partial charge >= 0.3 is 6.03 Å². The van der Waals surface area contributed by atoms with Crippen molar-refractivity contribution in [2.75, 3.05) is 5.33 Å². The summed E-state index contributed by atoms with van der Waals surface area (Å²) >= 11 is 2.92. The lowest BCUT2D eigenvalue weighted by molar-refractivity contribution is -0.117. The summed E-state index contributed by atoms with van der Waals surface area (Å²) in [5.74, 6) is 0.244. The van der Waals surface area contributed by atoms with Crippen LogP contribution in [0.4, 0.5) is 4.79 Å². The van der Waals surface area contributed by atoms with Crippen molar-refractivity contribution in [3.8, 4) is 0 Å². The number of hydrogen-bond donors (Lipinski definition) is 2. The number of halogens is 1. The molecular weight excluding hydrogens is 252 g/mol. The van der Waals surface area contributed by atoms with Crippen LogP contribution < -0.4 is 10.6 Å². The smallest absolute Gasteiger partial charge is 0.321 e. The summed E-state index contributed by atoms with van der Waals surface area (Å²) in [6.45, 7) is 0.258. The Bertz CT molecular complexity index is 310. The van der Waals surface area contributed by atoms with Crippen molar-refractivity contribution in [2.45, 2.75) is 6.54 Å². The van der Waals surface area contributed by atoms with Crippen molar-refractivity contribution >= 4 is 27.9 Å². The lowest BCUT2D eigenvalue weighted by Crippen LogP contribution is -2.39. The third kappa shape index (κ3) is 3.61. The summed E-state index contributed by atoms with van der Waals surface area (Å²) in [6, 6.07) is 2.91. The molecule has 0 saturated carbocycles. The minimum atomic E-state index is -0.536. The summed E-state index contributed by atoms with van der Waals surface area (Å²) in [5, 5.41) is 4.68. The van der Waals surface area contributed by atoms with Crippen molar-refractivity contribution in [2.24, 2.45) is 0 Å². The van der Waals surface area contributed by atoms with Crippen LogP contribution in [-0.4, -0.2) is 17.3 Å². The lowest BCUT2D eigenvalue weighted by atomic mass is 10.4. The summed E-state index contributed by atoms with van der Waals surface area (Å²) < 4.78 is 4.98. The number of rotatable bonds is 3. The molecule has 0 aromatic carbocycles. The number of urea groups is 1. The third-order valence-corrected chi connectivity index (χ3v) is 1.89. The van der Waals surface area contributed by atoms with Crippen LogP contribution in [0, 0.1) is 0 Å². The maximum atomic E-state index is 11.0. The van der Waals surface area contributed by atoms with Crippen molar-refractivity contribution in [1.82, 2.24) is 10.6 Å². The molecule has 6 heteroatoms. The molecule has 0 radical (unpaired) electrons. The fourth-order valence-corrected chi connectivity index (χ4v) is 0.925. The van der Waals surface area contributed by atoms with Crippen LogP contribution in [0.2, 0.25) is 0 Å². The van der Waals surface area contributed by atoms with Gasteiger partial charge in [-0.2, -0.15) is 0 Å². The molecule has 0 fully saturated rings. The van der Waals surface area contributed by atoms with Crippen molar-refractivity contribution < 1.29 is 14.0 Å². The highest BCUT2D eigenvalue weighted by molar-refractivity contribution is 9.09. The average molecular weight is 261 g/mol. The Morgan fingerprint density at radius 1 is 1.50 bits per heavy atom. The Morgan fingerprint density at radius 2 is 2.29 bits per heavy atom. The largest absolute Gasteiger partial charge is 0.467 e. The van der Waals surface area contributed by atoms with E-state index in [-0.39, 0.29) is 17.8 Å².